The first-order valence-corrected chi connectivity index (χ1v) is 11.0. The van der Waals surface area contributed by atoms with E-state index in [4.69, 9.17) is 9.78 Å². The van der Waals surface area contributed by atoms with Crippen molar-refractivity contribution in [3.63, 3.8) is 0 Å². The Morgan fingerprint density at radius 3 is 1.25 bits per heavy atom. The molecule has 0 bridgehead atoms. The van der Waals surface area contributed by atoms with Gasteiger partial charge in [0.05, 0.1) is 13.2 Å². The number of hydrogen-bond acceptors (Lipinski definition) is 5. The normalized spacial score (nSPS) is 11.1. The molecule has 0 aromatic heterocycles. The summed E-state index contributed by atoms with van der Waals surface area (Å²) in [6.07, 6.45) is 16.8. The molecule has 0 amide bonds. The van der Waals surface area contributed by atoms with Gasteiger partial charge in [0.1, 0.15) is 0 Å². The van der Waals surface area contributed by atoms with E-state index in [9.17, 15) is 4.57 Å². The van der Waals surface area contributed by atoms with Gasteiger partial charge >= 0.3 is 8.25 Å². The van der Waals surface area contributed by atoms with Crippen molar-refractivity contribution >= 4 is 8.25 Å². The van der Waals surface area contributed by atoms with Crippen molar-refractivity contribution in [2.45, 2.75) is 104 Å². The third-order valence-corrected chi connectivity index (χ3v) is 4.34. The summed E-state index contributed by atoms with van der Waals surface area (Å²) in [6.45, 7) is 5.31. The molecule has 0 fully saturated rings. The molecule has 0 aliphatic rings. The summed E-state index contributed by atoms with van der Waals surface area (Å²) >= 11 is 0. The van der Waals surface area contributed by atoms with Crippen LogP contribution in [0.1, 0.15) is 104 Å². The summed E-state index contributed by atoms with van der Waals surface area (Å²) in [7, 11) is -2.34. The third-order valence-electron chi connectivity index (χ3n) is 3.89. The van der Waals surface area contributed by atoms with Crippen LogP contribution in [-0.2, 0) is 23.7 Å². The molecule has 0 atom stereocenters. The Balaban J connectivity index is 3.13. The maximum atomic E-state index is 11.3. The summed E-state index contributed by atoms with van der Waals surface area (Å²) in [5, 5.41) is 0. The SMILES string of the molecule is CCCCCCCCCOO[P](=O)OOCCCCCCCCC. The van der Waals surface area contributed by atoms with Gasteiger partial charge in [-0.25, -0.2) is 14.3 Å². The van der Waals surface area contributed by atoms with Crippen molar-refractivity contribution in [3.8, 4) is 0 Å². The molecule has 0 aromatic carbocycles. The summed E-state index contributed by atoms with van der Waals surface area (Å²) in [4.78, 5) is 9.74. The fraction of sp³-hybridized carbons (Fsp3) is 1.00. The molecular weight excluding hydrogens is 327 g/mol. The van der Waals surface area contributed by atoms with Gasteiger partial charge in [-0.15, -0.1) is 9.35 Å². The van der Waals surface area contributed by atoms with Gasteiger partial charge in [-0.3, -0.25) is 0 Å². The highest BCUT2D eigenvalue weighted by atomic mass is 31.1. The van der Waals surface area contributed by atoms with Gasteiger partial charge in [-0.05, 0) is 12.8 Å². The lowest BCUT2D eigenvalue weighted by Crippen LogP contribution is -1.95. The Morgan fingerprint density at radius 2 is 0.875 bits per heavy atom. The van der Waals surface area contributed by atoms with Crippen LogP contribution < -0.4 is 0 Å². The number of rotatable bonds is 20. The van der Waals surface area contributed by atoms with Crippen molar-refractivity contribution in [1.29, 1.82) is 0 Å². The molecule has 5 nitrogen and oxygen atoms in total. The van der Waals surface area contributed by atoms with E-state index < -0.39 is 8.25 Å². The molecule has 0 saturated heterocycles. The van der Waals surface area contributed by atoms with Gasteiger partial charge in [0, 0.05) is 0 Å². The van der Waals surface area contributed by atoms with Crippen LogP contribution in [-0.4, -0.2) is 13.2 Å². The third kappa shape index (κ3) is 20.0. The minimum atomic E-state index is -2.34. The van der Waals surface area contributed by atoms with Gasteiger partial charge in [0.25, 0.3) is 0 Å². The highest BCUT2D eigenvalue weighted by Crippen LogP contribution is 2.24. The Labute approximate surface area is 149 Å². The van der Waals surface area contributed by atoms with Crippen LogP contribution in [0.25, 0.3) is 0 Å². The Kier molecular flexibility index (Phi) is 20.9. The topological polar surface area (TPSA) is 54.0 Å². The fourth-order valence-corrected chi connectivity index (χ4v) is 2.76. The Hall–Kier alpha value is -0.0600. The molecule has 0 aliphatic carbocycles. The summed E-state index contributed by atoms with van der Waals surface area (Å²) in [6, 6.07) is 0. The van der Waals surface area contributed by atoms with Crippen LogP contribution in [0.2, 0.25) is 0 Å². The van der Waals surface area contributed by atoms with Gasteiger partial charge in [-0.2, -0.15) is 0 Å². The zero-order valence-corrected chi connectivity index (χ0v) is 16.7. The molecule has 0 aliphatic heterocycles. The lowest BCUT2D eigenvalue weighted by Gasteiger charge is -2.04. The van der Waals surface area contributed by atoms with Crippen LogP contribution in [0.5, 0.6) is 0 Å². The van der Waals surface area contributed by atoms with Crippen LogP contribution >= 0.6 is 8.25 Å². The molecular formula is C18H38O5P. The van der Waals surface area contributed by atoms with E-state index >= 15 is 0 Å². The predicted molar refractivity (Wildman–Crippen MR) is 97.7 cm³/mol. The van der Waals surface area contributed by atoms with Gasteiger partial charge in [0.15, 0.2) is 0 Å². The standard InChI is InChI=1S/C18H38O5P/c1-3-5-7-9-11-13-15-17-20-22-24(19)23-21-18-16-14-12-10-8-6-4-2/h3-18H2,1-2H3. The van der Waals surface area contributed by atoms with Gasteiger partial charge in [0.2, 0.25) is 0 Å². The highest BCUT2D eigenvalue weighted by Gasteiger charge is 2.04. The molecule has 24 heavy (non-hydrogen) atoms. The van der Waals surface area contributed by atoms with Gasteiger partial charge in [-0.1, -0.05) is 90.9 Å². The molecule has 0 saturated carbocycles. The molecule has 6 heteroatoms. The van der Waals surface area contributed by atoms with E-state index in [1.165, 1.54) is 64.2 Å². The van der Waals surface area contributed by atoms with E-state index in [1.54, 1.807) is 0 Å². The lowest BCUT2D eigenvalue weighted by molar-refractivity contribution is -0.259. The van der Waals surface area contributed by atoms with E-state index in [0.717, 1.165) is 25.7 Å². The second kappa shape index (κ2) is 21.0. The first-order valence-electron chi connectivity index (χ1n) is 9.87. The second-order valence-corrected chi connectivity index (χ2v) is 7.00. The zero-order valence-electron chi connectivity index (χ0n) is 15.8. The molecule has 1 radical (unpaired) electrons. The molecule has 0 spiro atoms. The van der Waals surface area contributed by atoms with Crippen molar-refractivity contribution in [1.82, 2.24) is 0 Å². The zero-order chi connectivity index (χ0) is 17.7. The smallest absolute Gasteiger partial charge is 0.223 e. The Bertz CT molecular complexity index is 240. The summed E-state index contributed by atoms with van der Waals surface area (Å²) < 4.78 is 20.6. The maximum Gasteiger partial charge on any atom is 0.427 e. The van der Waals surface area contributed by atoms with E-state index in [-0.39, 0.29) is 0 Å². The van der Waals surface area contributed by atoms with Gasteiger partial charge < -0.3 is 0 Å². The molecule has 0 N–H and O–H groups in total. The van der Waals surface area contributed by atoms with Crippen molar-refractivity contribution in [2.24, 2.45) is 0 Å². The predicted octanol–water partition coefficient (Wildman–Crippen LogP) is 7.04. The van der Waals surface area contributed by atoms with E-state index in [2.05, 4.69) is 23.2 Å². The molecule has 0 aromatic rings. The maximum absolute atomic E-state index is 11.3. The summed E-state index contributed by atoms with van der Waals surface area (Å²) in [5.41, 5.74) is 0. The van der Waals surface area contributed by atoms with E-state index in [1.807, 2.05) is 0 Å². The molecule has 0 rings (SSSR count). The number of hydrogen-bond donors (Lipinski definition) is 0. The average molecular weight is 365 g/mol. The monoisotopic (exact) mass is 365 g/mol. The lowest BCUT2D eigenvalue weighted by atomic mass is 10.1. The van der Waals surface area contributed by atoms with Crippen LogP contribution in [0.15, 0.2) is 0 Å². The number of unbranched alkanes of at least 4 members (excludes halogenated alkanes) is 12. The van der Waals surface area contributed by atoms with Crippen molar-refractivity contribution in [3.05, 3.63) is 0 Å². The fourth-order valence-electron chi connectivity index (χ4n) is 2.41. The van der Waals surface area contributed by atoms with Crippen LogP contribution in [0.4, 0.5) is 0 Å². The van der Waals surface area contributed by atoms with Crippen LogP contribution in [0.3, 0.4) is 0 Å². The minimum absolute atomic E-state index is 0.440. The Morgan fingerprint density at radius 1 is 0.542 bits per heavy atom. The first-order chi connectivity index (χ1) is 11.8. The largest absolute Gasteiger partial charge is 0.427 e. The van der Waals surface area contributed by atoms with Crippen LogP contribution in [0, 0.1) is 0 Å². The van der Waals surface area contributed by atoms with Crippen molar-refractivity contribution < 1.29 is 23.7 Å². The minimum Gasteiger partial charge on any atom is -0.223 e. The quantitative estimate of drug-likeness (QED) is 0.100. The van der Waals surface area contributed by atoms with E-state index in [0.29, 0.717) is 13.2 Å². The summed E-state index contributed by atoms with van der Waals surface area (Å²) in [5.74, 6) is 0. The molecule has 0 unspecified atom stereocenters. The first kappa shape index (κ1) is 23.9. The second-order valence-electron chi connectivity index (χ2n) is 6.26. The van der Waals surface area contributed by atoms with Crippen molar-refractivity contribution in [2.75, 3.05) is 13.2 Å². The molecule has 145 valence electrons. The molecule has 0 heterocycles. The highest BCUT2D eigenvalue weighted by molar-refractivity contribution is 7.32. The average Bonchev–Trinajstić information content (AvgIpc) is 2.59.